The first-order valence-electron chi connectivity index (χ1n) is 10.2. The smallest absolute Gasteiger partial charge is 0.256 e. The van der Waals surface area contributed by atoms with Crippen molar-refractivity contribution in [1.82, 2.24) is 14.8 Å². The normalized spacial score (nSPS) is 14.5. The third kappa shape index (κ3) is 5.60. The van der Waals surface area contributed by atoms with E-state index in [0.29, 0.717) is 24.7 Å². The number of piperazine rings is 1. The maximum Gasteiger partial charge on any atom is 0.256 e. The summed E-state index contributed by atoms with van der Waals surface area (Å²) < 4.78 is 19.8. The number of ether oxygens (including phenoxy) is 1. The number of rotatable bonds is 6. The topological polar surface area (TPSA) is 45.7 Å². The fourth-order valence-electron chi connectivity index (χ4n) is 3.53. The highest BCUT2D eigenvalue weighted by Gasteiger charge is 2.24. The molecule has 1 amide bonds. The van der Waals surface area contributed by atoms with Crippen LogP contribution < -0.4 is 4.74 Å². The van der Waals surface area contributed by atoms with Gasteiger partial charge in [-0.25, -0.2) is 4.39 Å². The van der Waals surface area contributed by atoms with Crippen molar-refractivity contribution >= 4 is 17.5 Å². The summed E-state index contributed by atoms with van der Waals surface area (Å²) in [4.78, 5) is 20.8. The summed E-state index contributed by atoms with van der Waals surface area (Å²) in [6.45, 7) is 3.78. The molecule has 7 heteroatoms. The second kappa shape index (κ2) is 9.90. The van der Waals surface area contributed by atoms with Crippen molar-refractivity contribution in [1.29, 1.82) is 0 Å². The molecule has 31 heavy (non-hydrogen) atoms. The Morgan fingerprint density at radius 1 is 1.03 bits per heavy atom. The summed E-state index contributed by atoms with van der Waals surface area (Å²) in [7, 11) is 0. The minimum absolute atomic E-state index is 0.0299. The molecule has 0 saturated carbocycles. The second-order valence-electron chi connectivity index (χ2n) is 7.45. The molecular weight excluding hydrogens is 417 g/mol. The molecule has 0 radical (unpaired) electrons. The molecule has 1 saturated heterocycles. The zero-order chi connectivity index (χ0) is 21.6. The zero-order valence-corrected chi connectivity index (χ0v) is 17.8. The van der Waals surface area contributed by atoms with Crippen LogP contribution in [0.5, 0.6) is 5.75 Å². The van der Waals surface area contributed by atoms with Gasteiger partial charge in [0.05, 0.1) is 11.3 Å². The number of carbonyl (C=O) groups is 1. The average molecular weight is 440 g/mol. The van der Waals surface area contributed by atoms with Crippen molar-refractivity contribution < 1.29 is 13.9 Å². The molecule has 0 spiro atoms. The minimum atomic E-state index is -0.540. The molecule has 1 fully saturated rings. The Morgan fingerprint density at radius 2 is 1.81 bits per heavy atom. The van der Waals surface area contributed by atoms with Gasteiger partial charge in [0, 0.05) is 43.9 Å². The van der Waals surface area contributed by atoms with Crippen LogP contribution in [0.3, 0.4) is 0 Å². The van der Waals surface area contributed by atoms with E-state index in [9.17, 15) is 9.18 Å². The summed E-state index contributed by atoms with van der Waals surface area (Å²) in [5.74, 6) is -0.0513. The van der Waals surface area contributed by atoms with Gasteiger partial charge in [-0.05, 0) is 48.0 Å². The van der Waals surface area contributed by atoms with Crippen molar-refractivity contribution in [3.63, 3.8) is 0 Å². The standard InChI is InChI=1S/C24H23ClFN3O2/c25-19-6-9-23(26)22(15-19)24(30)29-13-11-28(12-14-29)16-18-4-7-21(8-5-18)31-17-20-3-1-2-10-27-20/h1-10,15H,11-14,16-17H2. The van der Waals surface area contributed by atoms with Crippen molar-refractivity contribution in [3.8, 4) is 5.75 Å². The lowest BCUT2D eigenvalue weighted by molar-refractivity contribution is 0.0624. The van der Waals surface area contributed by atoms with E-state index >= 15 is 0 Å². The number of aromatic nitrogens is 1. The number of nitrogens with zero attached hydrogens (tertiary/aromatic N) is 3. The molecule has 4 rings (SSSR count). The van der Waals surface area contributed by atoms with E-state index in [1.54, 1.807) is 11.1 Å². The Kier molecular flexibility index (Phi) is 6.79. The van der Waals surface area contributed by atoms with Crippen LogP contribution >= 0.6 is 11.6 Å². The number of halogens is 2. The van der Waals surface area contributed by atoms with Crippen molar-refractivity contribution in [3.05, 3.63) is 94.5 Å². The molecule has 3 aromatic rings. The van der Waals surface area contributed by atoms with Gasteiger partial charge in [-0.1, -0.05) is 29.8 Å². The molecule has 0 atom stereocenters. The summed E-state index contributed by atoms with van der Waals surface area (Å²) >= 11 is 5.92. The van der Waals surface area contributed by atoms with E-state index in [1.165, 1.54) is 23.8 Å². The minimum Gasteiger partial charge on any atom is -0.487 e. The van der Waals surface area contributed by atoms with Gasteiger partial charge in [0.2, 0.25) is 0 Å². The molecule has 5 nitrogen and oxygen atoms in total. The van der Waals surface area contributed by atoms with E-state index < -0.39 is 5.82 Å². The van der Waals surface area contributed by atoms with Gasteiger partial charge in [-0.3, -0.25) is 14.7 Å². The van der Waals surface area contributed by atoms with Crippen LogP contribution in [0.2, 0.25) is 5.02 Å². The molecule has 0 N–H and O–H groups in total. The second-order valence-corrected chi connectivity index (χ2v) is 7.88. The molecule has 0 aliphatic carbocycles. The Morgan fingerprint density at radius 3 is 2.52 bits per heavy atom. The number of hydrogen-bond donors (Lipinski definition) is 0. The maximum atomic E-state index is 14.0. The van der Waals surface area contributed by atoms with Gasteiger partial charge in [0.25, 0.3) is 5.91 Å². The summed E-state index contributed by atoms with van der Waals surface area (Å²) in [5.41, 5.74) is 2.09. The van der Waals surface area contributed by atoms with E-state index in [-0.39, 0.29) is 11.5 Å². The highest BCUT2D eigenvalue weighted by molar-refractivity contribution is 6.31. The maximum absolute atomic E-state index is 14.0. The highest BCUT2D eigenvalue weighted by atomic mass is 35.5. The van der Waals surface area contributed by atoms with Crippen molar-refractivity contribution in [2.24, 2.45) is 0 Å². The van der Waals surface area contributed by atoms with Gasteiger partial charge in [-0.15, -0.1) is 0 Å². The largest absolute Gasteiger partial charge is 0.487 e. The predicted molar refractivity (Wildman–Crippen MR) is 118 cm³/mol. The van der Waals surface area contributed by atoms with E-state index in [4.69, 9.17) is 16.3 Å². The van der Waals surface area contributed by atoms with Crippen LogP contribution in [0.15, 0.2) is 66.9 Å². The van der Waals surface area contributed by atoms with Crippen LogP contribution in [-0.4, -0.2) is 46.9 Å². The lowest BCUT2D eigenvalue weighted by Crippen LogP contribution is -2.48. The van der Waals surface area contributed by atoms with Gasteiger partial charge in [0.15, 0.2) is 0 Å². The van der Waals surface area contributed by atoms with Crippen LogP contribution in [0.4, 0.5) is 4.39 Å². The van der Waals surface area contributed by atoms with Gasteiger partial charge < -0.3 is 9.64 Å². The highest BCUT2D eigenvalue weighted by Crippen LogP contribution is 2.19. The SMILES string of the molecule is O=C(c1cc(Cl)ccc1F)N1CCN(Cc2ccc(OCc3ccccn3)cc2)CC1. The van der Waals surface area contributed by atoms with Gasteiger partial charge in [-0.2, -0.15) is 0 Å². The Labute approximate surface area is 186 Å². The fraction of sp³-hybridized carbons (Fsp3) is 0.250. The van der Waals surface area contributed by atoms with Crippen LogP contribution in [0.25, 0.3) is 0 Å². The number of pyridine rings is 1. The molecular formula is C24H23ClFN3O2. The molecule has 1 aliphatic rings. The van der Waals surface area contributed by atoms with Crippen LogP contribution in [0.1, 0.15) is 21.6 Å². The third-order valence-electron chi connectivity index (χ3n) is 5.26. The number of carbonyl (C=O) groups excluding carboxylic acids is 1. The Hall–Kier alpha value is -2.96. The van der Waals surface area contributed by atoms with Gasteiger partial charge >= 0.3 is 0 Å². The Bertz CT molecular complexity index is 1020. The lowest BCUT2D eigenvalue weighted by Gasteiger charge is -2.34. The Balaban J connectivity index is 1.27. The quantitative estimate of drug-likeness (QED) is 0.570. The van der Waals surface area contributed by atoms with E-state index in [1.807, 2.05) is 42.5 Å². The molecule has 1 aliphatic heterocycles. The first kappa shape index (κ1) is 21.3. The molecule has 160 valence electrons. The average Bonchev–Trinajstić information content (AvgIpc) is 2.81. The van der Waals surface area contributed by atoms with E-state index in [2.05, 4.69) is 9.88 Å². The first-order valence-corrected chi connectivity index (χ1v) is 10.5. The predicted octanol–water partition coefficient (Wildman–Crippen LogP) is 4.41. The lowest BCUT2D eigenvalue weighted by atomic mass is 10.1. The molecule has 0 bridgehead atoms. The summed E-state index contributed by atoms with van der Waals surface area (Å²) in [5, 5.41) is 0.357. The monoisotopic (exact) mass is 439 g/mol. The van der Waals surface area contributed by atoms with E-state index in [0.717, 1.165) is 31.1 Å². The fourth-order valence-corrected chi connectivity index (χ4v) is 3.70. The zero-order valence-electron chi connectivity index (χ0n) is 17.0. The summed E-state index contributed by atoms with van der Waals surface area (Å²) in [6.07, 6.45) is 1.75. The number of amides is 1. The third-order valence-corrected chi connectivity index (χ3v) is 5.50. The molecule has 2 heterocycles. The van der Waals surface area contributed by atoms with Crippen LogP contribution in [0, 0.1) is 5.82 Å². The summed E-state index contributed by atoms with van der Waals surface area (Å²) in [6, 6.07) is 17.8. The molecule has 0 unspecified atom stereocenters. The van der Waals surface area contributed by atoms with Crippen LogP contribution in [-0.2, 0) is 13.2 Å². The number of hydrogen-bond acceptors (Lipinski definition) is 4. The van der Waals surface area contributed by atoms with Gasteiger partial charge in [0.1, 0.15) is 18.2 Å². The number of benzene rings is 2. The molecule has 2 aromatic carbocycles. The van der Waals surface area contributed by atoms with Crippen molar-refractivity contribution in [2.45, 2.75) is 13.2 Å². The molecule has 1 aromatic heterocycles. The first-order chi connectivity index (χ1) is 15.1. The van der Waals surface area contributed by atoms with Crippen molar-refractivity contribution in [2.75, 3.05) is 26.2 Å².